The molecular weight excluding hydrogens is 348 g/mol. The molecule has 0 aliphatic rings. The smallest absolute Gasteiger partial charge is 0.337 e. The molecule has 1 heterocycles. The molecule has 1 N–H and O–H groups in total. The van der Waals surface area contributed by atoms with Crippen molar-refractivity contribution >= 4 is 27.6 Å². The molecule has 1 aromatic carbocycles. The van der Waals surface area contributed by atoms with Gasteiger partial charge >= 0.3 is 5.97 Å². The lowest BCUT2D eigenvalue weighted by Crippen LogP contribution is -2.40. The van der Waals surface area contributed by atoms with E-state index in [4.69, 9.17) is 4.42 Å². The summed E-state index contributed by atoms with van der Waals surface area (Å²) >= 11 is 0. The molecule has 0 aliphatic heterocycles. The van der Waals surface area contributed by atoms with Crippen LogP contribution in [0.2, 0.25) is 0 Å². The summed E-state index contributed by atoms with van der Waals surface area (Å²) in [5, 5.41) is 2.58. The van der Waals surface area contributed by atoms with Crippen LogP contribution in [0.25, 0.3) is 0 Å². The summed E-state index contributed by atoms with van der Waals surface area (Å²) in [4.78, 5) is 23.5. The van der Waals surface area contributed by atoms with Crippen LogP contribution in [0.4, 0.5) is 5.69 Å². The van der Waals surface area contributed by atoms with E-state index < -0.39 is 28.4 Å². The fraction of sp³-hybridized carbons (Fsp3) is 0.250. The molecule has 0 spiro atoms. The zero-order valence-electron chi connectivity index (χ0n) is 13.8. The first-order chi connectivity index (χ1) is 11.8. The molecule has 134 valence electrons. The van der Waals surface area contributed by atoms with Crippen LogP contribution in [-0.2, 0) is 26.1 Å². The highest BCUT2D eigenvalue weighted by molar-refractivity contribution is 7.92. The number of anilines is 1. The van der Waals surface area contributed by atoms with Crippen LogP contribution < -0.4 is 9.62 Å². The van der Waals surface area contributed by atoms with Crippen LogP contribution in [0.15, 0.2) is 47.1 Å². The third-order valence-corrected chi connectivity index (χ3v) is 4.44. The molecule has 0 aliphatic carbocycles. The highest BCUT2D eigenvalue weighted by Gasteiger charge is 2.21. The molecule has 0 bridgehead atoms. The van der Waals surface area contributed by atoms with Gasteiger partial charge in [-0.15, -0.1) is 0 Å². The van der Waals surface area contributed by atoms with Crippen LogP contribution in [0.1, 0.15) is 16.1 Å². The summed E-state index contributed by atoms with van der Waals surface area (Å²) in [6.07, 6.45) is 2.48. The lowest BCUT2D eigenvalue weighted by atomic mass is 10.2. The Morgan fingerprint density at radius 3 is 2.40 bits per heavy atom. The van der Waals surface area contributed by atoms with Crippen molar-refractivity contribution in [3.05, 3.63) is 54.0 Å². The number of esters is 1. The zero-order chi connectivity index (χ0) is 18.4. The molecule has 0 atom stereocenters. The van der Waals surface area contributed by atoms with E-state index in [-0.39, 0.29) is 17.8 Å². The van der Waals surface area contributed by atoms with Crippen LogP contribution in [0, 0.1) is 0 Å². The van der Waals surface area contributed by atoms with Gasteiger partial charge in [0.25, 0.3) is 0 Å². The Kier molecular flexibility index (Phi) is 5.81. The Morgan fingerprint density at radius 1 is 1.20 bits per heavy atom. The normalized spacial score (nSPS) is 11.0. The number of amides is 1. The highest BCUT2D eigenvalue weighted by Crippen LogP contribution is 2.18. The van der Waals surface area contributed by atoms with Gasteiger partial charge in [0.05, 0.1) is 37.4 Å². The lowest BCUT2D eigenvalue weighted by Gasteiger charge is -2.22. The minimum absolute atomic E-state index is 0.157. The second-order valence-corrected chi connectivity index (χ2v) is 7.07. The SMILES string of the molecule is COC(=O)c1ccc(N(CC(=O)NCc2ccco2)S(C)(=O)=O)cc1. The average molecular weight is 366 g/mol. The molecule has 9 heteroatoms. The van der Waals surface area contributed by atoms with Gasteiger partial charge in [0.1, 0.15) is 12.3 Å². The van der Waals surface area contributed by atoms with Crippen molar-refractivity contribution in [2.24, 2.45) is 0 Å². The molecule has 0 unspecified atom stereocenters. The first kappa shape index (κ1) is 18.5. The zero-order valence-corrected chi connectivity index (χ0v) is 14.6. The molecular formula is C16H18N2O6S. The Morgan fingerprint density at radius 2 is 1.88 bits per heavy atom. The van der Waals surface area contributed by atoms with Crippen molar-refractivity contribution in [1.82, 2.24) is 5.32 Å². The molecule has 2 aromatic rings. The fourth-order valence-electron chi connectivity index (χ4n) is 2.07. The van der Waals surface area contributed by atoms with Crippen molar-refractivity contribution in [1.29, 1.82) is 0 Å². The number of hydrogen-bond acceptors (Lipinski definition) is 6. The maximum absolute atomic E-state index is 12.1. The van der Waals surface area contributed by atoms with Gasteiger partial charge in [-0.2, -0.15) is 0 Å². The van der Waals surface area contributed by atoms with Crippen molar-refractivity contribution in [3.63, 3.8) is 0 Å². The van der Waals surface area contributed by atoms with Gasteiger partial charge in [-0.05, 0) is 36.4 Å². The molecule has 1 amide bonds. The predicted molar refractivity (Wildman–Crippen MR) is 90.5 cm³/mol. The number of methoxy groups -OCH3 is 1. The summed E-state index contributed by atoms with van der Waals surface area (Å²) in [5.41, 5.74) is 0.547. The average Bonchev–Trinajstić information content (AvgIpc) is 3.10. The highest BCUT2D eigenvalue weighted by atomic mass is 32.2. The minimum atomic E-state index is -3.69. The lowest BCUT2D eigenvalue weighted by molar-refractivity contribution is -0.119. The van der Waals surface area contributed by atoms with Crippen LogP contribution >= 0.6 is 0 Å². The van der Waals surface area contributed by atoms with Crippen molar-refractivity contribution in [2.45, 2.75) is 6.54 Å². The van der Waals surface area contributed by atoms with Crippen molar-refractivity contribution in [2.75, 3.05) is 24.2 Å². The van der Waals surface area contributed by atoms with Gasteiger partial charge < -0.3 is 14.5 Å². The Labute approximate surface area is 145 Å². The van der Waals surface area contributed by atoms with Gasteiger partial charge in [-0.25, -0.2) is 13.2 Å². The first-order valence-electron chi connectivity index (χ1n) is 7.26. The van der Waals surface area contributed by atoms with E-state index in [9.17, 15) is 18.0 Å². The maximum atomic E-state index is 12.1. The van der Waals surface area contributed by atoms with Gasteiger partial charge in [0.2, 0.25) is 15.9 Å². The number of furan rings is 1. The number of nitrogens with one attached hydrogen (secondary N) is 1. The summed E-state index contributed by atoms with van der Waals surface area (Å²) in [7, 11) is -2.44. The van der Waals surface area contributed by atoms with Gasteiger partial charge in [-0.3, -0.25) is 9.10 Å². The monoisotopic (exact) mass is 366 g/mol. The van der Waals surface area contributed by atoms with Crippen LogP contribution in [-0.4, -0.2) is 40.2 Å². The van der Waals surface area contributed by atoms with E-state index in [0.717, 1.165) is 10.6 Å². The Bertz CT molecular complexity index is 828. The molecule has 8 nitrogen and oxygen atoms in total. The Hall–Kier alpha value is -2.81. The third-order valence-electron chi connectivity index (χ3n) is 3.30. The first-order valence-corrected chi connectivity index (χ1v) is 9.11. The fourth-order valence-corrected chi connectivity index (χ4v) is 2.92. The number of sulfonamides is 1. The second-order valence-electron chi connectivity index (χ2n) is 5.16. The maximum Gasteiger partial charge on any atom is 0.337 e. The summed E-state index contributed by atoms with van der Waals surface area (Å²) in [6, 6.07) is 9.12. The Balaban J connectivity index is 2.11. The molecule has 0 saturated heterocycles. The molecule has 2 rings (SSSR count). The number of nitrogens with zero attached hydrogens (tertiary/aromatic N) is 1. The number of carbonyl (C=O) groups excluding carboxylic acids is 2. The largest absolute Gasteiger partial charge is 0.467 e. The van der Waals surface area contributed by atoms with E-state index in [2.05, 4.69) is 10.1 Å². The summed E-state index contributed by atoms with van der Waals surface area (Å²) in [5.74, 6) is -0.464. The topological polar surface area (TPSA) is 106 Å². The molecule has 0 fully saturated rings. The molecule has 1 aromatic heterocycles. The molecule has 0 saturated carbocycles. The molecule has 25 heavy (non-hydrogen) atoms. The van der Waals surface area contributed by atoms with Gasteiger partial charge in [0, 0.05) is 0 Å². The molecule has 0 radical (unpaired) electrons. The van der Waals surface area contributed by atoms with Crippen molar-refractivity contribution in [3.8, 4) is 0 Å². The van der Waals surface area contributed by atoms with Crippen LogP contribution in [0.3, 0.4) is 0 Å². The number of rotatable bonds is 7. The third kappa shape index (κ3) is 5.08. The summed E-state index contributed by atoms with van der Waals surface area (Å²) < 4.78 is 34.7. The van der Waals surface area contributed by atoms with E-state index in [1.165, 1.54) is 37.6 Å². The standard InChI is InChI=1S/C16H18N2O6S/c1-23-16(20)12-5-7-13(8-6-12)18(25(2,21)22)11-15(19)17-10-14-4-3-9-24-14/h3-9H,10-11H2,1-2H3,(H,17,19). The summed E-state index contributed by atoms with van der Waals surface area (Å²) in [6.45, 7) is -0.234. The minimum Gasteiger partial charge on any atom is -0.467 e. The quantitative estimate of drug-likeness (QED) is 0.737. The number of benzene rings is 1. The number of carbonyl (C=O) groups is 2. The predicted octanol–water partition coefficient (Wildman–Crippen LogP) is 1.15. The van der Waals surface area contributed by atoms with E-state index in [1.807, 2.05) is 0 Å². The van der Waals surface area contributed by atoms with Crippen molar-refractivity contribution < 1.29 is 27.2 Å². The number of ether oxygens (including phenoxy) is 1. The van der Waals surface area contributed by atoms with E-state index in [1.54, 1.807) is 12.1 Å². The van der Waals surface area contributed by atoms with Crippen LogP contribution in [0.5, 0.6) is 0 Å². The number of hydrogen-bond donors (Lipinski definition) is 1. The second kappa shape index (κ2) is 7.84. The van der Waals surface area contributed by atoms with E-state index >= 15 is 0 Å². The van der Waals surface area contributed by atoms with Gasteiger partial charge in [0.15, 0.2) is 0 Å². The van der Waals surface area contributed by atoms with Gasteiger partial charge in [-0.1, -0.05) is 0 Å². The van der Waals surface area contributed by atoms with E-state index in [0.29, 0.717) is 5.76 Å².